The summed E-state index contributed by atoms with van der Waals surface area (Å²) in [5.41, 5.74) is 0. The molecule has 1 rings (SSSR count). The molecule has 3 nitrogen and oxygen atoms in total. The summed E-state index contributed by atoms with van der Waals surface area (Å²) in [6, 6.07) is 0.0787. The lowest BCUT2D eigenvalue weighted by molar-refractivity contribution is 0.139. The van der Waals surface area contributed by atoms with Crippen molar-refractivity contribution in [2.24, 2.45) is 0 Å². The lowest BCUT2D eigenvalue weighted by atomic mass is 10.4. The molecule has 0 aliphatic carbocycles. The van der Waals surface area contributed by atoms with E-state index in [4.69, 9.17) is 0 Å². The fourth-order valence-corrected chi connectivity index (χ4v) is 0.637. The Morgan fingerprint density at radius 2 is 2.09 bits per heavy atom. The maximum atomic E-state index is 11.9. The van der Waals surface area contributed by atoms with Gasteiger partial charge in [0, 0.05) is 6.04 Å². The van der Waals surface area contributed by atoms with Crippen LogP contribution in [-0.2, 0) is 0 Å². The first kappa shape index (κ1) is 8.10. The monoisotopic (exact) mass is 161 g/mol. The van der Waals surface area contributed by atoms with E-state index >= 15 is 0 Å². The van der Waals surface area contributed by atoms with Crippen LogP contribution < -0.4 is 0 Å². The molecule has 0 N–H and O–H groups in total. The highest BCUT2D eigenvalue weighted by Crippen LogP contribution is 2.13. The maximum absolute atomic E-state index is 11.9. The highest BCUT2D eigenvalue weighted by Gasteiger charge is 2.12. The molecule has 0 aromatic carbocycles. The van der Waals surface area contributed by atoms with Crippen molar-refractivity contribution in [3.8, 4) is 0 Å². The van der Waals surface area contributed by atoms with Gasteiger partial charge in [-0.3, -0.25) is 0 Å². The number of rotatable bonds is 2. The van der Waals surface area contributed by atoms with E-state index in [0.29, 0.717) is 0 Å². The van der Waals surface area contributed by atoms with Crippen LogP contribution in [0, 0.1) is 0 Å². The molecule has 62 valence electrons. The quantitative estimate of drug-likeness (QED) is 0.662. The highest BCUT2D eigenvalue weighted by atomic mass is 19.3. The summed E-state index contributed by atoms with van der Waals surface area (Å²) < 4.78 is 25.2. The number of hydrogen-bond acceptors (Lipinski definition) is 2. The minimum atomic E-state index is -2.57. The van der Waals surface area contributed by atoms with Crippen molar-refractivity contribution in [2.75, 3.05) is 0 Å². The van der Waals surface area contributed by atoms with E-state index in [2.05, 4.69) is 10.1 Å². The van der Waals surface area contributed by atoms with Crippen LogP contribution in [0.1, 0.15) is 32.1 Å². The van der Waals surface area contributed by atoms with Crippen molar-refractivity contribution < 1.29 is 8.78 Å². The average molecular weight is 161 g/mol. The first-order valence-corrected chi connectivity index (χ1v) is 3.30. The number of aromatic nitrogens is 3. The smallest absolute Gasteiger partial charge is 0.250 e. The van der Waals surface area contributed by atoms with Gasteiger partial charge in [-0.1, -0.05) is 0 Å². The Labute approximate surface area is 63.0 Å². The van der Waals surface area contributed by atoms with Gasteiger partial charge < -0.3 is 0 Å². The van der Waals surface area contributed by atoms with Gasteiger partial charge in [0.2, 0.25) is 5.82 Å². The van der Waals surface area contributed by atoms with Crippen molar-refractivity contribution in [2.45, 2.75) is 26.3 Å². The van der Waals surface area contributed by atoms with Gasteiger partial charge in [0.1, 0.15) is 6.33 Å². The largest absolute Gasteiger partial charge is 0.299 e. The Morgan fingerprint density at radius 1 is 1.45 bits per heavy atom. The van der Waals surface area contributed by atoms with E-state index in [0.717, 1.165) is 0 Å². The van der Waals surface area contributed by atoms with Gasteiger partial charge in [0.25, 0.3) is 6.43 Å². The molecule has 0 saturated heterocycles. The second-order valence-corrected chi connectivity index (χ2v) is 2.48. The molecule has 0 spiro atoms. The standard InChI is InChI=1S/C6H9F2N3/c1-4(2)11-3-9-6(10-11)5(7)8/h3-5H,1-2H3. The third kappa shape index (κ3) is 1.72. The molecule has 0 atom stereocenters. The normalized spacial score (nSPS) is 11.5. The number of halogens is 2. The summed E-state index contributed by atoms with van der Waals surface area (Å²) in [5.74, 6) is -0.404. The van der Waals surface area contributed by atoms with Gasteiger partial charge in [-0.2, -0.15) is 0 Å². The molecule has 1 aromatic rings. The fraction of sp³-hybridized carbons (Fsp3) is 0.667. The number of nitrogens with zero attached hydrogens (tertiary/aromatic N) is 3. The van der Waals surface area contributed by atoms with Crippen LogP contribution in [0.5, 0.6) is 0 Å². The molecule has 0 amide bonds. The Hall–Kier alpha value is -1.00. The van der Waals surface area contributed by atoms with E-state index in [9.17, 15) is 8.78 Å². The summed E-state index contributed by atoms with van der Waals surface area (Å²) in [6.45, 7) is 3.70. The molecular weight excluding hydrogens is 152 g/mol. The molecule has 1 heterocycles. The van der Waals surface area contributed by atoms with Crippen LogP contribution in [0.15, 0.2) is 6.33 Å². The Bertz CT molecular complexity index is 209. The van der Waals surface area contributed by atoms with Crippen LogP contribution in [-0.4, -0.2) is 14.8 Å². The second kappa shape index (κ2) is 2.94. The van der Waals surface area contributed by atoms with Crippen molar-refractivity contribution in [1.29, 1.82) is 0 Å². The van der Waals surface area contributed by atoms with E-state index in [-0.39, 0.29) is 6.04 Å². The highest BCUT2D eigenvalue weighted by molar-refractivity contribution is 4.83. The lowest BCUT2D eigenvalue weighted by Crippen LogP contribution is -2.01. The molecule has 0 aliphatic rings. The molecule has 11 heavy (non-hydrogen) atoms. The van der Waals surface area contributed by atoms with Crippen molar-refractivity contribution in [3.63, 3.8) is 0 Å². The molecule has 0 radical (unpaired) electrons. The Balaban J connectivity index is 2.82. The number of hydrogen-bond donors (Lipinski definition) is 0. The van der Waals surface area contributed by atoms with Crippen molar-refractivity contribution in [1.82, 2.24) is 14.8 Å². The minimum Gasteiger partial charge on any atom is -0.250 e. The summed E-state index contributed by atoms with van der Waals surface area (Å²) in [7, 11) is 0. The predicted molar refractivity (Wildman–Crippen MR) is 35.4 cm³/mol. The van der Waals surface area contributed by atoms with E-state index in [1.165, 1.54) is 11.0 Å². The molecule has 0 saturated carbocycles. The van der Waals surface area contributed by atoms with Gasteiger partial charge in [0.15, 0.2) is 0 Å². The molecular formula is C6H9F2N3. The summed E-state index contributed by atoms with van der Waals surface area (Å²) >= 11 is 0. The van der Waals surface area contributed by atoms with Gasteiger partial charge in [0.05, 0.1) is 0 Å². The van der Waals surface area contributed by atoms with Crippen LogP contribution in [0.3, 0.4) is 0 Å². The summed E-state index contributed by atoms with van der Waals surface area (Å²) in [5, 5.41) is 3.56. The first-order valence-electron chi connectivity index (χ1n) is 3.30. The average Bonchev–Trinajstić information content (AvgIpc) is 2.33. The van der Waals surface area contributed by atoms with Gasteiger partial charge in [-0.25, -0.2) is 18.4 Å². The fourth-order valence-electron chi connectivity index (χ4n) is 0.637. The zero-order valence-electron chi connectivity index (χ0n) is 6.33. The Kier molecular flexibility index (Phi) is 2.16. The van der Waals surface area contributed by atoms with Gasteiger partial charge >= 0.3 is 0 Å². The van der Waals surface area contributed by atoms with Crippen LogP contribution in [0.25, 0.3) is 0 Å². The maximum Gasteiger partial charge on any atom is 0.299 e. The Morgan fingerprint density at radius 3 is 2.36 bits per heavy atom. The van der Waals surface area contributed by atoms with E-state index in [1.54, 1.807) is 0 Å². The van der Waals surface area contributed by atoms with Crippen molar-refractivity contribution in [3.05, 3.63) is 12.2 Å². The summed E-state index contributed by atoms with van der Waals surface area (Å²) in [4.78, 5) is 3.44. The summed E-state index contributed by atoms with van der Waals surface area (Å²) in [6.07, 6.45) is -1.26. The third-order valence-corrected chi connectivity index (χ3v) is 1.25. The lowest BCUT2D eigenvalue weighted by Gasteiger charge is -2.01. The number of alkyl halides is 2. The zero-order chi connectivity index (χ0) is 8.43. The van der Waals surface area contributed by atoms with E-state index < -0.39 is 12.2 Å². The van der Waals surface area contributed by atoms with Crippen LogP contribution in [0.4, 0.5) is 8.78 Å². The third-order valence-electron chi connectivity index (χ3n) is 1.25. The van der Waals surface area contributed by atoms with Gasteiger partial charge in [-0.15, -0.1) is 5.10 Å². The second-order valence-electron chi connectivity index (χ2n) is 2.48. The van der Waals surface area contributed by atoms with Crippen LogP contribution >= 0.6 is 0 Å². The molecule has 0 unspecified atom stereocenters. The SMILES string of the molecule is CC(C)n1cnc(C(F)F)n1. The topological polar surface area (TPSA) is 30.7 Å². The van der Waals surface area contributed by atoms with E-state index in [1.807, 2.05) is 13.8 Å². The molecule has 1 aromatic heterocycles. The van der Waals surface area contributed by atoms with Crippen LogP contribution in [0.2, 0.25) is 0 Å². The molecule has 5 heteroatoms. The zero-order valence-corrected chi connectivity index (χ0v) is 6.33. The molecule has 0 bridgehead atoms. The molecule has 0 aliphatic heterocycles. The molecule has 0 fully saturated rings. The minimum absolute atomic E-state index is 0.0787. The van der Waals surface area contributed by atoms with Crippen molar-refractivity contribution >= 4 is 0 Å². The predicted octanol–water partition coefficient (Wildman–Crippen LogP) is 1.80. The first-order chi connectivity index (χ1) is 5.11. The van der Waals surface area contributed by atoms with Gasteiger partial charge in [-0.05, 0) is 13.8 Å².